The van der Waals surface area contributed by atoms with E-state index >= 15 is 0 Å². The fourth-order valence-electron chi connectivity index (χ4n) is 1.83. The Labute approximate surface area is 92.7 Å². The summed E-state index contributed by atoms with van der Waals surface area (Å²) in [5.74, 6) is -1.28. The van der Waals surface area contributed by atoms with E-state index in [1.165, 1.54) is 0 Å². The number of rotatable bonds is 3. The topological polar surface area (TPSA) is 67.5 Å². The minimum Gasteiger partial charge on any atom is -0.481 e. The number of aromatic nitrogens is 3. The number of aliphatic carboxylic acids is 1. The van der Waals surface area contributed by atoms with Gasteiger partial charge in [-0.1, -0.05) is 25.1 Å². The zero-order valence-corrected chi connectivity index (χ0v) is 9.16. The molecule has 1 N–H and O–H groups in total. The third kappa shape index (κ3) is 1.76. The number of nitrogens with zero attached hydrogens (tertiary/aromatic N) is 3. The van der Waals surface area contributed by atoms with Gasteiger partial charge in [0.05, 0.1) is 17.6 Å². The van der Waals surface area contributed by atoms with Crippen LogP contribution in [0.2, 0.25) is 0 Å². The molecule has 0 amide bonds. The van der Waals surface area contributed by atoms with Gasteiger partial charge in [-0.05, 0) is 17.5 Å². The van der Waals surface area contributed by atoms with Crippen LogP contribution in [-0.2, 0) is 4.79 Å². The van der Waals surface area contributed by atoms with Crippen molar-refractivity contribution in [3.05, 3.63) is 30.1 Å². The van der Waals surface area contributed by atoms with Crippen molar-refractivity contribution in [1.82, 2.24) is 14.8 Å². The quantitative estimate of drug-likeness (QED) is 0.850. The summed E-state index contributed by atoms with van der Waals surface area (Å²) < 4.78 is 1.59. The summed E-state index contributed by atoms with van der Waals surface area (Å²) in [5.41, 5.74) is 1.61. The Morgan fingerprint density at radius 2 is 2.19 bits per heavy atom. The maximum absolute atomic E-state index is 11.2. The first-order chi connectivity index (χ1) is 7.59. The third-order valence-electron chi connectivity index (χ3n) is 2.61. The molecule has 84 valence electrons. The van der Waals surface area contributed by atoms with Crippen LogP contribution in [0.15, 0.2) is 24.5 Å². The second kappa shape index (κ2) is 3.92. The van der Waals surface area contributed by atoms with E-state index in [9.17, 15) is 9.90 Å². The van der Waals surface area contributed by atoms with Crippen LogP contribution >= 0.6 is 0 Å². The summed E-state index contributed by atoms with van der Waals surface area (Å²) in [5, 5.41) is 16.8. The third-order valence-corrected chi connectivity index (χ3v) is 2.61. The van der Waals surface area contributed by atoms with Gasteiger partial charge in [-0.15, -0.1) is 5.10 Å². The van der Waals surface area contributed by atoms with Crippen molar-refractivity contribution in [3.63, 3.8) is 0 Å². The van der Waals surface area contributed by atoms with Gasteiger partial charge in [0.15, 0.2) is 0 Å². The fourth-order valence-corrected chi connectivity index (χ4v) is 1.83. The van der Waals surface area contributed by atoms with Crippen LogP contribution in [0.4, 0.5) is 0 Å². The van der Waals surface area contributed by atoms with Crippen molar-refractivity contribution in [3.8, 4) is 0 Å². The van der Waals surface area contributed by atoms with Crippen LogP contribution < -0.4 is 0 Å². The molecule has 2 heterocycles. The highest BCUT2D eigenvalue weighted by Gasteiger charge is 2.23. The summed E-state index contributed by atoms with van der Waals surface area (Å²) >= 11 is 0. The summed E-state index contributed by atoms with van der Waals surface area (Å²) in [7, 11) is 0. The van der Waals surface area contributed by atoms with Crippen molar-refractivity contribution in [1.29, 1.82) is 0 Å². The van der Waals surface area contributed by atoms with Gasteiger partial charge >= 0.3 is 5.97 Å². The Hall–Kier alpha value is -1.91. The summed E-state index contributed by atoms with van der Waals surface area (Å²) in [6, 6.07) is 3.64. The minimum atomic E-state index is -0.811. The second-order valence-electron chi connectivity index (χ2n) is 4.13. The average molecular weight is 219 g/mol. The lowest BCUT2D eigenvalue weighted by Crippen LogP contribution is -2.17. The highest BCUT2D eigenvalue weighted by atomic mass is 16.4. The van der Waals surface area contributed by atoms with Crippen molar-refractivity contribution < 1.29 is 9.90 Å². The SMILES string of the molecule is CC(C)C(C(=O)O)c1ccc2cnnn2c1. The molecule has 2 aromatic heterocycles. The molecule has 0 saturated carbocycles. The van der Waals surface area contributed by atoms with E-state index in [0.717, 1.165) is 11.1 Å². The molecule has 0 aliphatic rings. The van der Waals surface area contributed by atoms with E-state index in [1.54, 1.807) is 16.9 Å². The molecule has 0 aliphatic carbocycles. The maximum atomic E-state index is 11.2. The molecule has 0 spiro atoms. The zero-order chi connectivity index (χ0) is 11.7. The number of hydrogen-bond acceptors (Lipinski definition) is 3. The van der Waals surface area contributed by atoms with E-state index in [0.29, 0.717) is 0 Å². The number of carbonyl (C=O) groups is 1. The summed E-state index contributed by atoms with van der Waals surface area (Å²) in [6.07, 6.45) is 3.36. The number of hydrogen-bond donors (Lipinski definition) is 1. The van der Waals surface area contributed by atoms with Gasteiger partial charge in [0.25, 0.3) is 0 Å². The smallest absolute Gasteiger partial charge is 0.311 e. The predicted molar refractivity (Wildman–Crippen MR) is 58.2 cm³/mol. The summed E-state index contributed by atoms with van der Waals surface area (Å²) in [6.45, 7) is 3.79. The van der Waals surface area contributed by atoms with E-state index in [1.807, 2.05) is 26.0 Å². The molecule has 1 atom stereocenters. The molecule has 5 heteroatoms. The molecule has 16 heavy (non-hydrogen) atoms. The van der Waals surface area contributed by atoms with Gasteiger partial charge in [-0.2, -0.15) is 0 Å². The molecule has 0 aliphatic heterocycles. The Bertz CT molecular complexity index is 519. The summed E-state index contributed by atoms with van der Waals surface area (Å²) in [4.78, 5) is 11.2. The Morgan fingerprint density at radius 3 is 2.81 bits per heavy atom. The number of pyridine rings is 1. The fraction of sp³-hybridized carbons (Fsp3) is 0.364. The first-order valence-corrected chi connectivity index (χ1v) is 5.12. The molecule has 0 bridgehead atoms. The molecule has 0 fully saturated rings. The molecular formula is C11H13N3O2. The van der Waals surface area contributed by atoms with Crippen LogP contribution in [-0.4, -0.2) is 25.9 Å². The van der Waals surface area contributed by atoms with Crippen LogP contribution in [0.5, 0.6) is 0 Å². The molecule has 0 saturated heterocycles. The molecule has 0 radical (unpaired) electrons. The van der Waals surface area contributed by atoms with Crippen LogP contribution in [0.3, 0.4) is 0 Å². The molecular weight excluding hydrogens is 206 g/mol. The lowest BCUT2D eigenvalue weighted by Gasteiger charge is -2.16. The largest absolute Gasteiger partial charge is 0.481 e. The first-order valence-electron chi connectivity index (χ1n) is 5.12. The van der Waals surface area contributed by atoms with Crippen LogP contribution in [0.25, 0.3) is 5.52 Å². The Morgan fingerprint density at radius 1 is 1.44 bits per heavy atom. The number of carboxylic acid groups (broad SMARTS) is 1. The molecule has 2 aromatic rings. The van der Waals surface area contributed by atoms with Crippen molar-refractivity contribution in [2.24, 2.45) is 5.92 Å². The maximum Gasteiger partial charge on any atom is 0.311 e. The average Bonchev–Trinajstić information content (AvgIpc) is 2.63. The monoisotopic (exact) mass is 219 g/mol. The molecule has 0 aromatic carbocycles. The minimum absolute atomic E-state index is 0.0403. The van der Waals surface area contributed by atoms with Gasteiger partial charge in [-0.25, -0.2) is 4.52 Å². The standard InChI is InChI=1S/C11H13N3O2/c1-7(2)10(11(15)16)8-3-4-9-5-12-13-14(9)6-8/h3-7,10H,1-2H3,(H,15,16). The highest BCUT2D eigenvalue weighted by Crippen LogP contribution is 2.24. The zero-order valence-electron chi connectivity index (χ0n) is 9.16. The van der Waals surface area contributed by atoms with Gasteiger partial charge < -0.3 is 5.11 Å². The highest BCUT2D eigenvalue weighted by molar-refractivity contribution is 5.76. The van der Waals surface area contributed by atoms with Gasteiger partial charge in [0.2, 0.25) is 0 Å². The predicted octanol–water partition coefficient (Wildman–Crippen LogP) is 1.55. The lowest BCUT2D eigenvalue weighted by molar-refractivity contribution is -0.139. The van der Waals surface area contributed by atoms with Crippen molar-refractivity contribution in [2.75, 3.05) is 0 Å². The van der Waals surface area contributed by atoms with Crippen LogP contribution in [0.1, 0.15) is 25.3 Å². The molecule has 1 unspecified atom stereocenters. The van der Waals surface area contributed by atoms with E-state index in [4.69, 9.17) is 0 Å². The number of carboxylic acids is 1. The normalized spacial score (nSPS) is 13.2. The first kappa shape index (κ1) is 10.6. The van der Waals surface area contributed by atoms with Crippen molar-refractivity contribution >= 4 is 11.5 Å². The van der Waals surface area contributed by atoms with E-state index in [-0.39, 0.29) is 5.92 Å². The lowest BCUT2D eigenvalue weighted by atomic mass is 9.89. The second-order valence-corrected chi connectivity index (χ2v) is 4.13. The molecule has 2 rings (SSSR count). The van der Waals surface area contributed by atoms with E-state index in [2.05, 4.69) is 10.3 Å². The Kier molecular flexibility index (Phi) is 2.60. The molecule has 5 nitrogen and oxygen atoms in total. The number of fused-ring (bicyclic) bond motifs is 1. The van der Waals surface area contributed by atoms with Gasteiger partial charge in [0, 0.05) is 6.20 Å². The van der Waals surface area contributed by atoms with Crippen LogP contribution in [0, 0.1) is 5.92 Å². The Balaban J connectivity index is 2.48. The van der Waals surface area contributed by atoms with E-state index < -0.39 is 11.9 Å². The van der Waals surface area contributed by atoms with Gasteiger partial charge in [0.1, 0.15) is 0 Å². The van der Waals surface area contributed by atoms with Crippen molar-refractivity contribution in [2.45, 2.75) is 19.8 Å². The van der Waals surface area contributed by atoms with Gasteiger partial charge in [-0.3, -0.25) is 4.79 Å².